The van der Waals surface area contributed by atoms with E-state index in [-0.39, 0.29) is 11.9 Å². The molecule has 0 fully saturated rings. The Labute approximate surface area is 108 Å². The fraction of sp³-hybridized carbons (Fsp3) is 0.400. The van der Waals surface area contributed by atoms with Gasteiger partial charge < -0.3 is 9.47 Å². The van der Waals surface area contributed by atoms with Crippen molar-refractivity contribution in [1.82, 2.24) is 0 Å². The first kappa shape index (κ1) is 14.3. The van der Waals surface area contributed by atoms with Crippen LogP contribution in [0.4, 0.5) is 0 Å². The van der Waals surface area contributed by atoms with Crippen molar-refractivity contribution < 1.29 is 14.3 Å². The average Bonchev–Trinajstić information content (AvgIpc) is 2.39. The van der Waals surface area contributed by atoms with Crippen LogP contribution in [0.5, 0.6) is 11.5 Å². The summed E-state index contributed by atoms with van der Waals surface area (Å²) < 4.78 is 10.6. The molecule has 1 rings (SSSR count). The Morgan fingerprint density at radius 3 is 2.72 bits per heavy atom. The molecule has 1 atom stereocenters. The van der Waals surface area contributed by atoms with Crippen molar-refractivity contribution >= 4 is 5.97 Å². The van der Waals surface area contributed by atoms with Crippen molar-refractivity contribution in [2.24, 2.45) is 5.92 Å². The first-order chi connectivity index (χ1) is 8.62. The molecule has 0 aliphatic rings. The Morgan fingerprint density at radius 1 is 1.44 bits per heavy atom. The molecule has 0 bridgehead atoms. The van der Waals surface area contributed by atoms with Gasteiger partial charge in [-0.05, 0) is 30.5 Å². The van der Waals surface area contributed by atoms with Gasteiger partial charge in [-0.25, -0.2) is 0 Å². The third kappa shape index (κ3) is 3.62. The highest BCUT2D eigenvalue weighted by Crippen LogP contribution is 2.29. The van der Waals surface area contributed by atoms with Crippen molar-refractivity contribution in [2.45, 2.75) is 26.7 Å². The van der Waals surface area contributed by atoms with E-state index in [2.05, 4.69) is 6.58 Å². The second-order valence-electron chi connectivity index (χ2n) is 4.21. The molecule has 0 N–H and O–H groups in total. The maximum Gasteiger partial charge on any atom is 0.314 e. The molecule has 0 heterocycles. The Balaban J connectivity index is 2.88. The minimum Gasteiger partial charge on any atom is -0.493 e. The molecule has 3 nitrogen and oxygen atoms in total. The zero-order valence-electron chi connectivity index (χ0n) is 11.2. The highest BCUT2D eigenvalue weighted by Gasteiger charge is 2.15. The first-order valence-corrected chi connectivity index (χ1v) is 6.11. The number of ether oxygens (including phenoxy) is 2. The monoisotopic (exact) mass is 248 g/mol. The fourth-order valence-corrected chi connectivity index (χ4v) is 1.47. The predicted molar refractivity (Wildman–Crippen MR) is 72.0 cm³/mol. The van der Waals surface area contributed by atoms with Gasteiger partial charge in [0.05, 0.1) is 13.0 Å². The van der Waals surface area contributed by atoms with Gasteiger partial charge in [-0.3, -0.25) is 4.79 Å². The molecular formula is C15H20O3. The highest BCUT2D eigenvalue weighted by atomic mass is 16.6. The molecule has 18 heavy (non-hydrogen) atoms. The summed E-state index contributed by atoms with van der Waals surface area (Å²) in [5, 5.41) is 0. The smallest absolute Gasteiger partial charge is 0.314 e. The lowest BCUT2D eigenvalue weighted by Crippen LogP contribution is -2.17. The normalized spacial score (nSPS) is 11.7. The van der Waals surface area contributed by atoms with Crippen LogP contribution in [0.2, 0.25) is 0 Å². The number of carbonyl (C=O) groups excluding carboxylic acids is 1. The molecule has 0 spiro atoms. The number of benzene rings is 1. The maximum absolute atomic E-state index is 11.7. The fourth-order valence-electron chi connectivity index (χ4n) is 1.47. The summed E-state index contributed by atoms with van der Waals surface area (Å²) in [6, 6.07) is 5.53. The molecule has 98 valence electrons. The van der Waals surface area contributed by atoms with Crippen LogP contribution in [0.15, 0.2) is 30.9 Å². The molecule has 0 radical (unpaired) electrons. The van der Waals surface area contributed by atoms with E-state index in [9.17, 15) is 4.79 Å². The molecule has 0 aliphatic carbocycles. The number of esters is 1. The van der Waals surface area contributed by atoms with Crippen molar-refractivity contribution in [2.75, 3.05) is 7.11 Å². The summed E-state index contributed by atoms with van der Waals surface area (Å²) in [5.41, 5.74) is 1.07. The van der Waals surface area contributed by atoms with Crippen LogP contribution in [-0.4, -0.2) is 13.1 Å². The lowest BCUT2D eigenvalue weighted by atomic mass is 10.1. The van der Waals surface area contributed by atoms with Crippen LogP contribution in [0, 0.1) is 5.92 Å². The average molecular weight is 248 g/mol. The van der Waals surface area contributed by atoms with Crippen molar-refractivity contribution in [3.63, 3.8) is 0 Å². The third-order valence-corrected chi connectivity index (χ3v) is 2.83. The zero-order valence-corrected chi connectivity index (χ0v) is 11.2. The molecule has 1 aromatic carbocycles. The maximum atomic E-state index is 11.7. The van der Waals surface area contributed by atoms with E-state index in [1.165, 1.54) is 0 Å². The van der Waals surface area contributed by atoms with Gasteiger partial charge >= 0.3 is 5.97 Å². The SMILES string of the molecule is C=CCc1ccc(OC(=O)[C@H](C)CC)c(OC)c1. The molecule has 0 amide bonds. The van der Waals surface area contributed by atoms with Crippen LogP contribution in [0.1, 0.15) is 25.8 Å². The number of hydrogen-bond acceptors (Lipinski definition) is 3. The summed E-state index contributed by atoms with van der Waals surface area (Å²) in [5.74, 6) is 0.705. The van der Waals surface area contributed by atoms with Gasteiger partial charge in [0, 0.05) is 0 Å². The van der Waals surface area contributed by atoms with Gasteiger partial charge in [-0.15, -0.1) is 6.58 Å². The standard InChI is InChI=1S/C15H20O3/c1-5-7-12-8-9-13(14(10-12)17-4)18-15(16)11(3)6-2/h5,8-11H,1,6-7H2,2-4H3/t11-/m1/s1. The molecule has 0 aromatic heterocycles. The summed E-state index contributed by atoms with van der Waals surface area (Å²) in [6.45, 7) is 7.49. The highest BCUT2D eigenvalue weighted by molar-refractivity contribution is 5.75. The van der Waals surface area contributed by atoms with E-state index < -0.39 is 0 Å². The van der Waals surface area contributed by atoms with Crippen LogP contribution in [-0.2, 0) is 11.2 Å². The van der Waals surface area contributed by atoms with Gasteiger partial charge in [-0.2, -0.15) is 0 Å². The van der Waals surface area contributed by atoms with Gasteiger partial charge in [0.2, 0.25) is 0 Å². The molecule has 0 aliphatic heterocycles. The summed E-state index contributed by atoms with van der Waals surface area (Å²) in [6.07, 6.45) is 3.34. The largest absolute Gasteiger partial charge is 0.493 e. The minimum absolute atomic E-state index is 0.109. The Bertz CT molecular complexity index is 424. The van der Waals surface area contributed by atoms with Crippen molar-refractivity contribution in [3.8, 4) is 11.5 Å². The number of carbonyl (C=O) groups is 1. The Morgan fingerprint density at radius 2 is 2.17 bits per heavy atom. The number of allylic oxidation sites excluding steroid dienone is 1. The van der Waals surface area contributed by atoms with E-state index in [1.54, 1.807) is 13.2 Å². The predicted octanol–water partition coefficient (Wildman–Crippen LogP) is 3.38. The van der Waals surface area contributed by atoms with E-state index >= 15 is 0 Å². The molecule has 1 aromatic rings. The lowest BCUT2D eigenvalue weighted by molar-refractivity contribution is -0.138. The second-order valence-corrected chi connectivity index (χ2v) is 4.21. The van der Waals surface area contributed by atoms with Crippen LogP contribution in [0.3, 0.4) is 0 Å². The number of hydrogen-bond donors (Lipinski definition) is 0. The quantitative estimate of drug-likeness (QED) is 0.440. The summed E-state index contributed by atoms with van der Waals surface area (Å²) in [7, 11) is 1.56. The van der Waals surface area contributed by atoms with E-state index in [0.717, 1.165) is 18.4 Å². The topological polar surface area (TPSA) is 35.5 Å². The molecule has 0 saturated heterocycles. The Kier molecular flexibility index (Phi) is 5.43. The van der Waals surface area contributed by atoms with Crippen LogP contribution >= 0.6 is 0 Å². The van der Waals surface area contributed by atoms with Gasteiger partial charge in [0.1, 0.15) is 0 Å². The first-order valence-electron chi connectivity index (χ1n) is 6.11. The van der Waals surface area contributed by atoms with Gasteiger partial charge in [-0.1, -0.05) is 26.0 Å². The van der Waals surface area contributed by atoms with Crippen molar-refractivity contribution in [3.05, 3.63) is 36.4 Å². The number of methoxy groups -OCH3 is 1. The third-order valence-electron chi connectivity index (χ3n) is 2.83. The van der Waals surface area contributed by atoms with Crippen LogP contribution < -0.4 is 9.47 Å². The van der Waals surface area contributed by atoms with Crippen LogP contribution in [0.25, 0.3) is 0 Å². The van der Waals surface area contributed by atoms with E-state index in [4.69, 9.17) is 9.47 Å². The van der Waals surface area contributed by atoms with E-state index in [0.29, 0.717) is 11.5 Å². The minimum atomic E-state index is -0.229. The van der Waals surface area contributed by atoms with E-state index in [1.807, 2.05) is 32.1 Å². The lowest BCUT2D eigenvalue weighted by Gasteiger charge is -2.12. The summed E-state index contributed by atoms with van der Waals surface area (Å²) >= 11 is 0. The molecule has 3 heteroatoms. The molecular weight excluding hydrogens is 228 g/mol. The number of rotatable bonds is 6. The zero-order chi connectivity index (χ0) is 13.5. The Hall–Kier alpha value is -1.77. The molecule has 0 unspecified atom stereocenters. The van der Waals surface area contributed by atoms with Gasteiger partial charge in [0.15, 0.2) is 11.5 Å². The van der Waals surface area contributed by atoms with Crippen molar-refractivity contribution in [1.29, 1.82) is 0 Å². The molecule has 0 saturated carbocycles. The summed E-state index contributed by atoms with van der Waals surface area (Å²) in [4.78, 5) is 11.7. The second kappa shape index (κ2) is 6.84. The van der Waals surface area contributed by atoms with Gasteiger partial charge in [0.25, 0.3) is 0 Å².